The van der Waals surface area contributed by atoms with Crippen LogP contribution in [0, 0.1) is 0 Å². The Labute approximate surface area is 135 Å². The molecule has 0 radical (unpaired) electrons. The molecule has 2 aromatic heterocycles. The van der Waals surface area contributed by atoms with Gasteiger partial charge in [0, 0.05) is 5.56 Å². The van der Waals surface area contributed by atoms with E-state index in [2.05, 4.69) is 0 Å². The summed E-state index contributed by atoms with van der Waals surface area (Å²) in [4.78, 5) is 11.8. The molecular formula is C18H11F3O3. The predicted molar refractivity (Wildman–Crippen MR) is 81.2 cm³/mol. The van der Waals surface area contributed by atoms with E-state index in [9.17, 15) is 18.0 Å². The summed E-state index contributed by atoms with van der Waals surface area (Å²) in [5.41, 5.74) is -0.441. The molecule has 0 saturated heterocycles. The highest BCUT2D eigenvalue weighted by molar-refractivity contribution is 6.04. The van der Waals surface area contributed by atoms with Crippen LogP contribution in [-0.4, -0.2) is 5.78 Å². The maximum atomic E-state index is 12.7. The SMILES string of the molecule is O=C(/C=C/c1ccc(-c2cccc(C(F)(F)F)c2)o1)c1ccco1. The van der Waals surface area contributed by atoms with E-state index >= 15 is 0 Å². The van der Waals surface area contributed by atoms with Gasteiger partial charge in [-0.25, -0.2) is 0 Å². The molecule has 1 aromatic carbocycles. The van der Waals surface area contributed by atoms with Crippen molar-refractivity contribution in [2.24, 2.45) is 0 Å². The molecule has 0 aliphatic rings. The van der Waals surface area contributed by atoms with Crippen LogP contribution < -0.4 is 0 Å². The van der Waals surface area contributed by atoms with E-state index in [0.29, 0.717) is 11.3 Å². The van der Waals surface area contributed by atoms with Crippen LogP contribution in [0.15, 0.2) is 69.7 Å². The summed E-state index contributed by atoms with van der Waals surface area (Å²) >= 11 is 0. The molecule has 0 aliphatic heterocycles. The molecule has 6 heteroatoms. The lowest BCUT2D eigenvalue weighted by atomic mass is 10.1. The smallest absolute Gasteiger partial charge is 0.416 e. The van der Waals surface area contributed by atoms with Gasteiger partial charge in [0.15, 0.2) is 5.76 Å². The molecule has 0 spiro atoms. The highest BCUT2D eigenvalue weighted by Gasteiger charge is 2.30. The number of carbonyl (C=O) groups excluding carboxylic acids is 1. The molecule has 3 nitrogen and oxygen atoms in total. The third-order valence-corrected chi connectivity index (χ3v) is 3.26. The lowest BCUT2D eigenvalue weighted by Crippen LogP contribution is -2.04. The highest BCUT2D eigenvalue weighted by Crippen LogP contribution is 2.32. The zero-order chi connectivity index (χ0) is 17.2. The third-order valence-electron chi connectivity index (χ3n) is 3.26. The van der Waals surface area contributed by atoms with Crippen LogP contribution in [-0.2, 0) is 6.18 Å². The van der Waals surface area contributed by atoms with Crippen LogP contribution in [0.25, 0.3) is 17.4 Å². The van der Waals surface area contributed by atoms with Crippen molar-refractivity contribution in [1.29, 1.82) is 0 Å². The minimum atomic E-state index is -4.42. The van der Waals surface area contributed by atoms with E-state index in [4.69, 9.17) is 8.83 Å². The molecule has 3 aromatic rings. The Morgan fingerprint density at radius 2 is 1.88 bits per heavy atom. The van der Waals surface area contributed by atoms with Gasteiger partial charge in [0.25, 0.3) is 0 Å². The molecular weight excluding hydrogens is 321 g/mol. The molecule has 0 amide bonds. The number of allylic oxidation sites excluding steroid dienone is 1. The van der Waals surface area contributed by atoms with Crippen LogP contribution in [0.2, 0.25) is 0 Å². The number of hydrogen-bond donors (Lipinski definition) is 0. The van der Waals surface area contributed by atoms with E-state index in [1.54, 1.807) is 18.2 Å². The lowest BCUT2D eigenvalue weighted by Gasteiger charge is -2.07. The summed E-state index contributed by atoms with van der Waals surface area (Å²) in [5, 5.41) is 0. The zero-order valence-corrected chi connectivity index (χ0v) is 12.2. The zero-order valence-electron chi connectivity index (χ0n) is 12.2. The van der Waals surface area contributed by atoms with Crippen molar-refractivity contribution >= 4 is 11.9 Å². The topological polar surface area (TPSA) is 43.4 Å². The summed E-state index contributed by atoms with van der Waals surface area (Å²) in [6.07, 6.45) is -0.323. The first-order chi connectivity index (χ1) is 11.4. The van der Waals surface area contributed by atoms with Crippen molar-refractivity contribution < 1.29 is 26.8 Å². The van der Waals surface area contributed by atoms with E-state index < -0.39 is 11.7 Å². The fraction of sp³-hybridized carbons (Fsp3) is 0.0556. The van der Waals surface area contributed by atoms with Crippen LogP contribution in [0.4, 0.5) is 13.2 Å². The fourth-order valence-corrected chi connectivity index (χ4v) is 2.11. The molecule has 0 fully saturated rings. The van der Waals surface area contributed by atoms with Gasteiger partial charge in [-0.1, -0.05) is 12.1 Å². The molecule has 24 heavy (non-hydrogen) atoms. The normalized spacial score (nSPS) is 12.0. The molecule has 3 rings (SSSR count). The molecule has 0 saturated carbocycles. The Kier molecular flexibility index (Phi) is 4.12. The Morgan fingerprint density at radius 1 is 1.04 bits per heavy atom. The second-order valence-corrected chi connectivity index (χ2v) is 4.96. The monoisotopic (exact) mass is 332 g/mol. The first kappa shape index (κ1) is 15.9. The van der Waals surface area contributed by atoms with E-state index in [1.807, 2.05) is 0 Å². The summed E-state index contributed by atoms with van der Waals surface area (Å²) < 4.78 is 48.7. The molecule has 0 N–H and O–H groups in total. The van der Waals surface area contributed by atoms with Crippen LogP contribution in [0.1, 0.15) is 21.9 Å². The summed E-state index contributed by atoms with van der Waals surface area (Å²) in [7, 11) is 0. The third kappa shape index (κ3) is 3.48. The number of halogens is 3. The molecule has 2 heterocycles. The van der Waals surface area contributed by atoms with Gasteiger partial charge in [-0.15, -0.1) is 0 Å². The Morgan fingerprint density at radius 3 is 2.58 bits per heavy atom. The van der Waals surface area contributed by atoms with E-state index in [1.165, 1.54) is 36.6 Å². The van der Waals surface area contributed by atoms with Crippen molar-refractivity contribution in [2.75, 3.05) is 0 Å². The number of ketones is 1. The van der Waals surface area contributed by atoms with E-state index in [0.717, 1.165) is 12.1 Å². The van der Waals surface area contributed by atoms with Gasteiger partial charge >= 0.3 is 6.18 Å². The second-order valence-electron chi connectivity index (χ2n) is 4.96. The Hall–Kier alpha value is -3.02. The summed E-state index contributed by atoms with van der Waals surface area (Å²) in [6.45, 7) is 0. The van der Waals surface area contributed by atoms with Gasteiger partial charge in [-0.3, -0.25) is 4.79 Å². The fourth-order valence-electron chi connectivity index (χ4n) is 2.11. The first-order valence-electron chi connectivity index (χ1n) is 6.97. The number of furan rings is 2. The molecule has 122 valence electrons. The van der Waals surface area contributed by atoms with Gasteiger partial charge in [0.1, 0.15) is 11.5 Å². The molecule has 0 atom stereocenters. The van der Waals surface area contributed by atoms with Crippen LogP contribution in [0.3, 0.4) is 0 Å². The highest BCUT2D eigenvalue weighted by atomic mass is 19.4. The summed E-state index contributed by atoms with van der Waals surface area (Å²) in [5.74, 6) is 0.487. The van der Waals surface area contributed by atoms with Crippen molar-refractivity contribution in [2.45, 2.75) is 6.18 Å². The standard InChI is InChI=1S/C18H11F3O3/c19-18(20,21)13-4-1-3-12(11-13)16-9-7-14(24-16)6-8-15(22)17-5-2-10-23-17/h1-11H/b8-6+. The minimum absolute atomic E-state index is 0.191. The molecule has 0 bridgehead atoms. The minimum Gasteiger partial charge on any atom is -0.461 e. The first-order valence-corrected chi connectivity index (χ1v) is 6.97. The summed E-state index contributed by atoms with van der Waals surface area (Å²) in [6, 6.07) is 11.1. The maximum Gasteiger partial charge on any atom is 0.416 e. The second kappa shape index (κ2) is 6.23. The predicted octanol–water partition coefficient (Wildman–Crippen LogP) is 5.45. The number of rotatable bonds is 4. The van der Waals surface area contributed by atoms with Crippen molar-refractivity contribution in [3.05, 3.63) is 78.0 Å². The average molecular weight is 332 g/mol. The van der Waals surface area contributed by atoms with Gasteiger partial charge in [-0.05, 0) is 48.6 Å². The van der Waals surface area contributed by atoms with Crippen molar-refractivity contribution in [1.82, 2.24) is 0 Å². The average Bonchev–Trinajstić information content (AvgIpc) is 3.23. The number of hydrogen-bond acceptors (Lipinski definition) is 3. The van der Waals surface area contributed by atoms with Gasteiger partial charge < -0.3 is 8.83 Å². The van der Waals surface area contributed by atoms with Gasteiger partial charge in [0.2, 0.25) is 5.78 Å². The Bertz CT molecular complexity index is 871. The lowest BCUT2D eigenvalue weighted by molar-refractivity contribution is -0.137. The largest absolute Gasteiger partial charge is 0.461 e. The number of benzene rings is 1. The van der Waals surface area contributed by atoms with Gasteiger partial charge in [-0.2, -0.15) is 13.2 Å². The van der Waals surface area contributed by atoms with Crippen LogP contribution >= 0.6 is 0 Å². The quantitative estimate of drug-likeness (QED) is 0.471. The number of alkyl halides is 3. The van der Waals surface area contributed by atoms with Crippen molar-refractivity contribution in [3.63, 3.8) is 0 Å². The van der Waals surface area contributed by atoms with Gasteiger partial charge in [0.05, 0.1) is 11.8 Å². The van der Waals surface area contributed by atoms with E-state index in [-0.39, 0.29) is 17.3 Å². The van der Waals surface area contributed by atoms with Crippen molar-refractivity contribution in [3.8, 4) is 11.3 Å². The Balaban J connectivity index is 1.80. The molecule has 0 aliphatic carbocycles. The maximum absolute atomic E-state index is 12.7. The number of carbonyl (C=O) groups is 1. The molecule has 0 unspecified atom stereocenters. The van der Waals surface area contributed by atoms with Crippen LogP contribution in [0.5, 0.6) is 0 Å².